The van der Waals surface area contributed by atoms with Crippen molar-refractivity contribution in [2.24, 2.45) is 0 Å². The number of rotatable bonds is 7. The van der Waals surface area contributed by atoms with E-state index in [2.05, 4.69) is 33.9 Å². The lowest BCUT2D eigenvalue weighted by atomic mass is 10.1. The topological polar surface area (TPSA) is 71.1 Å². The Labute approximate surface area is 177 Å². The SMILES string of the molecule is Cc1ccc(S(=O)(=O)OC[C@@H]2OC(C)(C)O[C@H]2[C@@H](C)O[Si](C)(C)C(C)(C)C)cc1. The van der Waals surface area contributed by atoms with Gasteiger partial charge < -0.3 is 13.9 Å². The van der Waals surface area contributed by atoms with E-state index >= 15 is 0 Å². The van der Waals surface area contributed by atoms with Crippen molar-refractivity contribution in [3.8, 4) is 0 Å². The number of hydrogen-bond donors (Lipinski definition) is 0. The molecule has 0 saturated carbocycles. The van der Waals surface area contributed by atoms with Gasteiger partial charge in [0.1, 0.15) is 12.2 Å². The Morgan fingerprint density at radius 3 is 2.21 bits per heavy atom. The Morgan fingerprint density at radius 1 is 1.14 bits per heavy atom. The molecule has 29 heavy (non-hydrogen) atoms. The van der Waals surface area contributed by atoms with Crippen molar-refractivity contribution < 1.29 is 26.5 Å². The molecule has 1 fully saturated rings. The fraction of sp³-hybridized carbons (Fsp3) is 0.714. The molecule has 6 nitrogen and oxygen atoms in total. The summed E-state index contributed by atoms with van der Waals surface area (Å²) in [5.41, 5.74) is 0.981. The van der Waals surface area contributed by atoms with Crippen LogP contribution < -0.4 is 0 Å². The molecule has 0 amide bonds. The Kier molecular flexibility index (Phi) is 7.09. The van der Waals surface area contributed by atoms with Crippen molar-refractivity contribution in [3.05, 3.63) is 29.8 Å². The van der Waals surface area contributed by atoms with Gasteiger partial charge in [0.05, 0.1) is 17.6 Å². The summed E-state index contributed by atoms with van der Waals surface area (Å²) in [7, 11) is -5.90. The van der Waals surface area contributed by atoms with Gasteiger partial charge in [-0.3, -0.25) is 4.18 Å². The summed E-state index contributed by atoms with van der Waals surface area (Å²) in [6.07, 6.45) is -1.23. The van der Waals surface area contributed by atoms with Crippen molar-refractivity contribution >= 4 is 18.4 Å². The summed E-state index contributed by atoms with van der Waals surface area (Å²) in [5.74, 6) is -0.836. The molecule has 0 radical (unpaired) electrons. The van der Waals surface area contributed by atoms with Gasteiger partial charge in [0.15, 0.2) is 14.1 Å². The molecular weight excluding hydrogens is 408 g/mol. The first-order valence-corrected chi connectivity index (χ1v) is 14.4. The standard InChI is InChI=1S/C21H36O6SSi/c1-15-10-12-17(13-11-15)28(22,23)24-14-18-19(26-21(6,7)25-18)16(2)27-29(8,9)20(3,4)5/h10-13,16,18-19H,14H2,1-9H3/t16-,18+,19+/m1/s1. The van der Waals surface area contributed by atoms with Crippen LogP contribution >= 0.6 is 0 Å². The molecule has 1 aliphatic heterocycles. The number of aryl methyl sites for hydroxylation is 1. The first kappa shape index (κ1) is 24.5. The molecule has 1 heterocycles. The van der Waals surface area contributed by atoms with E-state index in [9.17, 15) is 8.42 Å². The molecule has 0 unspecified atom stereocenters. The van der Waals surface area contributed by atoms with Crippen LogP contribution in [-0.4, -0.2) is 47.4 Å². The molecule has 3 atom stereocenters. The van der Waals surface area contributed by atoms with Crippen molar-refractivity contribution in [3.63, 3.8) is 0 Å². The molecule has 2 rings (SSSR count). The lowest BCUT2D eigenvalue weighted by molar-refractivity contribution is -0.154. The second kappa shape index (κ2) is 8.40. The molecule has 166 valence electrons. The molecule has 0 aromatic heterocycles. The van der Waals surface area contributed by atoms with Crippen molar-refractivity contribution in [1.82, 2.24) is 0 Å². The smallest absolute Gasteiger partial charge is 0.297 e. The molecule has 0 spiro atoms. The number of ether oxygens (including phenoxy) is 2. The minimum Gasteiger partial charge on any atom is -0.411 e. The largest absolute Gasteiger partial charge is 0.411 e. The van der Waals surface area contributed by atoms with E-state index in [0.29, 0.717) is 0 Å². The fourth-order valence-electron chi connectivity index (χ4n) is 3.03. The first-order valence-electron chi connectivity index (χ1n) is 10.0. The second-order valence-corrected chi connectivity index (χ2v) is 16.1. The van der Waals surface area contributed by atoms with Crippen LogP contribution in [0, 0.1) is 6.92 Å². The maximum absolute atomic E-state index is 12.6. The third-order valence-corrected chi connectivity index (χ3v) is 11.5. The van der Waals surface area contributed by atoms with Crippen LogP contribution in [0.5, 0.6) is 0 Å². The summed E-state index contributed by atoms with van der Waals surface area (Å²) in [4.78, 5) is 0.128. The third kappa shape index (κ3) is 6.12. The van der Waals surface area contributed by atoms with Gasteiger partial charge in [0.2, 0.25) is 0 Å². The van der Waals surface area contributed by atoms with Crippen LogP contribution in [0.2, 0.25) is 18.1 Å². The van der Waals surface area contributed by atoms with E-state index in [1.165, 1.54) is 0 Å². The maximum Gasteiger partial charge on any atom is 0.297 e. The quantitative estimate of drug-likeness (QED) is 0.451. The Morgan fingerprint density at radius 2 is 1.69 bits per heavy atom. The highest BCUT2D eigenvalue weighted by molar-refractivity contribution is 7.86. The zero-order chi connectivity index (χ0) is 22.3. The Balaban J connectivity index is 2.12. The van der Waals surface area contributed by atoms with Crippen LogP contribution in [-0.2, 0) is 28.2 Å². The second-order valence-electron chi connectivity index (χ2n) is 9.77. The molecule has 1 saturated heterocycles. The van der Waals surface area contributed by atoms with E-state index in [1.807, 2.05) is 27.7 Å². The summed E-state index contributed by atoms with van der Waals surface area (Å²) in [6, 6.07) is 6.57. The summed E-state index contributed by atoms with van der Waals surface area (Å²) in [5, 5.41) is 0.0526. The third-order valence-electron chi connectivity index (χ3n) is 5.67. The molecule has 1 aromatic rings. The van der Waals surface area contributed by atoms with E-state index in [-0.39, 0.29) is 22.6 Å². The van der Waals surface area contributed by atoms with Crippen LogP contribution in [0.25, 0.3) is 0 Å². The Hall–Kier alpha value is -0.773. The number of hydrogen-bond acceptors (Lipinski definition) is 6. The van der Waals surface area contributed by atoms with Gasteiger partial charge in [-0.1, -0.05) is 38.5 Å². The van der Waals surface area contributed by atoms with Gasteiger partial charge in [-0.15, -0.1) is 0 Å². The van der Waals surface area contributed by atoms with E-state index < -0.39 is 36.4 Å². The highest BCUT2D eigenvalue weighted by atomic mass is 32.2. The zero-order valence-corrected chi connectivity index (χ0v) is 20.9. The predicted molar refractivity (Wildman–Crippen MR) is 116 cm³/mol. The lowest BCUT2D eigenvalue weighted by Crippen LogP contribution is -2.48. The summed E-state index contributed by atoms with van der Waals surface area (Å²) >= 11 is 0. The Bertz CT molecular complexity index is 795. The van der Waals surface area contributed by atoms with Gasteiger partial charge >= 0.3 is 0 Å². The molecule has 1 aromatic carbocycles. The molecular formula is C21H36O6SSi. The lowest BCUT2D eigenvalue weighted by Gasteiger charge is -2.40. The van der Waals surface area contributed by atoms with Crippen molar-refractivity contribution in [2.45, 2.75) is 95.6 Å². The van der Waals surface area contributed by atoms with Crippen LogP contribution in [0.4, 0.5) is 0 Å². The fourth-order valence-corrected chi connectivity index (χ4v) is 5.36. The van der Waals surface area contributed by atoms with E-state index in [1.54, 1.807) is 24.3 Å². The van der Waals surface area contributed by atoms with Crippen LogP contribution in [0.3, 0.4) is 0 Å². The minimum absolute atomic E-state index is 0.0526. The molecule has 1 aliphatic rings. The molecule has 8 heteroatoms. The first-order chi connectivity index (χ1) is 13.0. The average Bonchev–Trinajstić information content (AvgIpc) is 2.87. The van der Waals surface area contributed by atoms with Gasteiger partial charge in [0, 0.05) is 0 Å². The predicted octanol–water partition coefficient (Wildman–Crippen LogP) is 4.63. The molecule has 0 N–H and O–H groups in total. The average molecular weight is 445 g/mol. The zero-order valence-electron chi connectivity index (χ0n) is 19.1. The summed E-state index contributed by atoms with van der Waals surface area (Å²) < 4.78 is 48.9. The number of benzene rings is 1. The van der Waals surface area contributed by atoms with Gasteiger partial charge in [-0.25, -0.2) is 0 Å². The van der Waals surface area contributed by atoms with Crippen LogP contribution in [0.1, 0.15) is 47.1 Å². The highest BCUT2D eigenvalue weighted by Crippen LogP contribution is 2.39. The normalized spacial score (nSPS) is 23.9. The highest BCUT2D eigenvalue weighted by Gasteiger charge is 2.48. The summed E-state index contributed by atoms with van der Waals surface area (Å²) in [6.45, 7) is 18.2. The monoisotopic (exact) mass is 444 g/mol. The van der Waals surface area contributed by atoms with Crippen molar-refractivity contribution in [2.75, 3.05) is 6.61 Å². The molecule has 0 aliphatic carbocycles. The van der Waals surface area contributed by atoms with E-state index in [4.69, 9.17) is 18.1 Å². The van der Waals surface area contributed by atoms with E-state index in [0.717, 1.165) is 5.56 Å². The minimum atomic E-state index is -3.88. The molecule has 0 bridgehead atoms. The van der Waals surface area contributed by atoms with Gasteiger partial charge in [0.25, 0.3) is 10.1 Å². The van der Waals surface area contributed by atoms with Crippen molar-refractivity contribution in [1.29, 1.82) is 0 Å². The van der Waals surface area contributed by atoms with Gasteiger partial charge in [-0.05, 0) is 58.0 Å². The van der Waals surface area contributed by atoms with Gasteiger partial charge in [-0.2, -0.15) is 8.42 Å². The van der Waals surface area contributed by atoms with Crippen LogP contribution in [0.15, 0.2) is 29.2 Å². The maximum atomic E-state index is 12.6.